The molecule has 0 radical (unpaired) electrons. The topological polar surface area (TPSA) is 57.6 Å². The van der Waals surface area contributed by atoms with Crippen LogP contribution in [0.5, 0.6) is 0 Å². The molecule has 1 heterocycles. The lowest BCUT2D eigenvalue weighted by Crippen LogP contribution is -2.40. The summed E-state index contributed by atoms with van der Waals surface area (Å²) in [5.41, 5.74) is 0.896. The van der Waals surface area contributed by atoms with Crippen molar-refractivity contribution in [2.45, 2.75) is 25.4 Å². The fourth-order valence-electron chi connectivity index (χ4n) is 3.07. The second kappa shape index (κ2) is 6.15. The lowest BCUT2D eigenvalue weighted by Gasteiger charge is -2.21. The molecule has 5 heteroatoms. The van der Waals surface area contributed by atoms with Crippen molar-refractivity contribution < 1.29 is 14.7 Å². The van der Waals surface area contributed by atoms with Gasteiger partial charge in [-0.2, -0.15) is 0 Å². The standard InChI is InChI=1S/C19H18BrNO3/c1-3-12-4-6-13(7-5-12)17(22)11-19(24)15-10-14(20)8-9-16(15)21(2)18(19)23/h4-10,24H,3,11H2,1-2H3. The third-order valence-corrected chi connectivity index (χ3v) is 5.02. The van der Waals surface area contributed by atoms with Gasteiger partial charge in [-0.25, -0.2) is 0 Å². The summed E-state index contributed by atoms with van der Waals surface area (Å²) in [5.74, 6) is -0.733. The molecular weight excluding hydrogens is 370 g/mol. The zero-order valence-corrected chi connectivity index (χ0v) is 15.1. The first-order valence-corrected chi connectivity index (χ1v) is 8.59. The average molecular weight is 388 g/mol. The molecule has 0 fully saturated rings. The van der Waals surface area contributed by atoms with E-state index in [1.54, 1.807) is 37.4 Å². The van der Waals surface area contributed by atoms with E-state index in [9.17, 15) is 14.7 Å². The van der Waals surface area contributed by atoms with Crippen molar-refractivity contribution in [3.8, 4) is 0 Å². The molecule has 0 aliphatic carbocycles. The number of fused-ring (bicyclic) bond motifs is 1. The zero-order valence-electron chi connectivity index (χ0n) is 13.5. The highest BCUT2D eigenvalue weighted by Crippen LogP contribution is 2.43. The number of rotatable bonds is 4. The van der Waals surface area contributed by atoms with Gasteiger partial charge < -0.3 is 10.0 Å². The molecule has 2 aromatic rings. The maximum atomic E-state index is 12.6. The van der Waals surface area contributed by atoms with Gasteiger partial charge in [0.05, 0.1) is 12.1 Å². The minimum atomic E-state index is -1.83. The number of ketones is 1. The first-order chi connectivity index (χ1) is 11.4. The molecule has 1 unspecified atom stereocenters. The smallest absolute Gasteiger partial charge is 0.263 e. The predicted octanol–water partition coefficient (Wildman–Crippen LogP) is 3.45. The third-order valence-electron chi connectivity index (χ3n) is 4.52. The molecule has 124 valence electrons. The maximum Gasteiger partial charge on any atom is 0.263 e. The quantitative estimate of drug-likeness (QED) is 0.817. The number of amides is 1. The first-order valence-electron chi connectivity index (χ1n) is 7.79. The number of nitrogens with zero attached hydrogens (tertiary/aromatic N) is 1. The largest absolute Gasteiger partial charge is 0.375 e. The number of hydrogen-bond acceptors (Lipinski definition) is 3. The number of anilines is 1. The minimum Gasteiger partial charge on any atom is -0.375 e. The number of benzene rings is 2. The highest BCUT2D eigenvalue weighted by molar-refractivity contribution is 9.10. The Balaban J connectivity index is 1.95. The van der Waals surface area contributed by atoms with E-state index in [0.717, 1.165) is 16.5 Å². The Morgan fingerprint density at radius 1 is 1.21 bits per heavy atom. The number of aryl methyl sites for hydroxylation is 1. The molecule has 4 nitrogen and oxygen atoms in total. The van der Waals surface area contributed by atoms with Gasteiger partial charge in [0.15, 0.2) is 11.4 Å². The molecule has 1 aliphatic rings. The summed E-state index contributed by atoms with van der Waals surface area (Å²) in [6.45, 7) is 2.04. The van der Waals surface area contributed by atoms with Crippen LogP contribution in [-0.4, -0.2) is 23.8 Å². The Morgan fingerprint density at radius 3 is 2.50 bits per heavy atom. The number of likely N-dealkylation sites (N-methyl/N-ethyl adjacent to an activating group) is 1. The Labute approximate surface area is 149 Å². The Morgan fingerprint density at radius 2 is 1.88 bits per heavy atom. The van der Waals surface area contributed by atoms with Crippen LogP contribution in [0.2, 0.25) is 0 Å². The fourth-order valence-corrected chi connectivity index (χ4v) is 3.43. The van der Waals surface area contributed by atoms with Gasteiger partial charge in [0.25, 0.3) is 5.91 Å². The van der Waals surface area contributed by atoms with Gasteiger partial charge in [-0.15, -0.1) is 0 Å². The molecule has 1 aliphatic heterocycles. The van der Waals surface area contributed by atoms with E-state index in [2.05, 4.69) is 15.9 Å². The highest BCUT2D eigenvalue weighted by Gasteiger charge is 2.49. The molecule has 0 spiro atoms. The average Bonchev–Trinajstić information content (AvgIpc) is 2.76. The number of halogens is 1. The number of hydrogen-bond donors (Lipinski definition) is 1. The van der Waals surface area contributed by atoms with Gasteiger partial charge >= 0.3 is 0 Å². The summed E-state index contributed by atoms with van der Waals surface area (Å²) in [5, 5.41) is 11.0. The predicted molar refractivity (Wildman–Crippen MR) is 96.2 cm³/mol. The van der Waals surface area contributed by atoms with Crippen molar-refractivity contribution in [3.05, 3.63) is 63.6 Å². The van der Waals surface area contributed by atoms with Gasteiger partial charge in [0.1, 0.15) is 0 Å². The Kier molecular flexibility index (Phi) is 4.32. The lowest BCUT2D eigenvalue weighted by molar-refractivity contribution is -0.135. The SMILES string of the molecule is CCc1ccc(C(=O)CC2(O)C(=O)N(C)c3ccc(Br)cc32)cc1. The van der Waals surface area contributed by atoms with Crippen LogP contribution in [0.4, 0.5) is 5.69 Å². The van der Waals surface area contributed by atoms with Crippen molar-refractivity contribution in [3.63, 3.8) is 0 Å². The van der Waals surface area contributed by atoms with Gasteiger partial charge in [0, 0.05) is 22.6 Å². The summed E-state index contributed by atoms with van der Waals surface area (Å²) < 4.78 is 0.752. The van der Waals surface area contributed by atoms with Gasteiger partial charge in [0.2, 0.25) is 0 Å². The van der Waals surface area contributed by atoms with E-state index >= 15 is 0 Å². The number of aliphatic hydroxyl groups is 1. The van der Waals surface area contributed by atoms with Crippen molar-refractivity contribution in [1.82, 2.24) is 0 Å². The first kappa shape index (κ1) is 16.9. The molecule has 3 rings (SSSR count). The number of carbonyl (C=O) groups excluding carboxylic acids is 2. The lowest BCUT2D eigenvalue weighted by atomic mass is 9.88. The summed E-state index contributed by atoms with van der Waals surface area (Å²) in [6, 6.07) is 12.5. The Hall–Kier alpha value is -1.98. The van der Waals surface area contributed by atoms with E-state index in [4.69, 9.17) is 0 Å². The van der Waals surface area contributed by atoms with Crippen LogP contribution in [0.25, 0.3) is 0 Å². The fraction of sp³-hybridized carbons (Fsp3) is 0.263. The maximum absolute atomic E-state index is 12.6. The summed E-state index contributed by atoms with van der Waals surface area (Å²) in [7, 11) is 1.60. The number of Topliss-reactive ketones (excluding diaryl/α,β-unsaturated/α-hetero) is 1. The second-order valence-corrected chi connectivity index (χ2v) is 6.95. The van der Waals surface area contributed by atoms with E-state index in [0.29, 0.717) is 16.8 Å². The van der Waals surface area contributed by atoms with Gasteiger partial charge in [-0.05, 0) is 30.2 Å². The summed E-state index contributed by atoms with van der Waals surface area (Å²) in [4.78, 5) is 26.6. The third kappa shape index (κ3) is 2.68. The zero-order chi connectivity index (χ0) is 17.5. The molecule has 0 bridgehead atoms. The van der Waals surface area contributed by atoms with Crippen LogP contribution < -0.4 is 4.90 Å². The second-order valence-electron chi connectivity index (χ2n) is 6.04. The van der Waals surface area contributed by atoms with Gasteiger partial charge in [-0.1, -0.05) is 47.1 Å². The van der Waals surface area contributed by atoms with E-state index in [1.165, 1.54) is 4.90 Å². The van der Waals surface area contributed by atoms with E-state index < -0.39 is 11.5 Å². The van der Waals surface area contributed by atoms with E-state index in [-0.39, 0.29) is 12.2 Å². The molecule has 1 amide bonds. The molecule has 0 saturated carbocycles. The molecule has 0 saturated heterocycles. The summed E-state index contributed by atoms with van der Waals surface area (Å²) in [6.07, 6.45) is 0.619. The van der Waals surface area contributed by atoms with Crippen LogP contribution in [0, 0.1) is 0 Å². The number of carbonyl (C=O) groups is 2. The normalized spacial score (nSPS) is 19.5. The highest BCUT2D eigenvalue weighted by atomic mass is 79.9. The van der Waals surface area contributed by atoms with Crippen molar-refractivity contribution in [2.24, 2.45) is 0 Å². The minimum absolute atomic E-state index is 0.255. The Bertz CT molecular complexity index is 816. The monoisotopic (exact) mass is 387 g/mol. The van der Waals surface area contributed by atoms with Crippen molar-refractivity contribution >= 4 is 33.3 Å². The molecule has 24 heavy (non-hydrogen) atoms. The molecule has 1 atom stereocenters. The molecule has 1 N–H and O–H groups in total. The summed E-state index contributed by atoms with van der Waals surface area (Å²) >= 11 is 3.36. The van der Waals surface area contributed by atoms with Crippen LogP contribution in [0.3, 0.4) is 0 Å². The van der Waals surface area contributed by atoms with Crippen molar-refractivity contribution in [2.75, 3.05) is 11.9 Å². The molecular formula is C19H18BrNO3. The van der Waals surface area contributed by atoms with Crippen LogP contribution in [0.15, 0.2) is 46.9 Å². The van der Waals surface area contributed by atoms with Crippen LogP contribution in [-0.2, 0) is 16.8 Å². The van der Waals surface area contributed by atoms with Gasteiger partial charge in [-0.3, -0.25) is 9.59 Å². The molecule has 0 aromatic heterocycles. The van der Waals surface area contributed by atoms with Crippen LogP contribution >= 0.6 is 15.9 Å². The molecule has 2 aromatic carbocycles. The van der Waals surface area contributed by atoms with E-state index in [1.807, 2.05) is 19.1 Å². The van der Waals surface area contributed by atoms with Crippen molar-refractivity contribution in [1.29, 1.82) is 0 Å². The van der Waals surface area contributed by atoms with Crippen LogP contribution in [0.1, 0.15) is 34.8 Å².